The van der Waals surface area contributed by atoms with Crippen molar-refractivity contribution < 1.29 is 0 Å². The Bertz CT molecular complexity index is 327. The fraction of sp³-hybridized carbons (Fsp3) is 0.583. The lowest BCUT2D eigenvalue weighted by atomic mass is 9.99. The molecular formula is C12H17ClN2. The van der Waals surface area contributed by atoms with Crippen molar-refractivity contribution in [2.45, 2.75) is 38.6 Å². The summed E-state index contributed by atoms with van der Waals surface area (Å²) in [5, 5.41) is 0.591. The zero-order valence-corrected chi connectivity index (χ0v) is 9.87. The molecule has 0 aromatic carbocycles. The number of hydrogen-bond acceptors (Lipinski definition) is 2. The van der Waals surface area contributed by atoms with E-state index < -0.39 is 0 Å². The van der Waals surface area contributed by atoms with Gasteiger partial charge in [0.15, 0.2) is 0 Å². The average molecular weight is 225 g/mol. The molecule has 1 unspecified atom stereocenters. The Hall–Kier alpha value is -0.760. The third-order valence-corrected chi connectivity index (χ3v) is 3.35. The summed E-state index contributed by atoms with van der Waals surface area (Å²) >= 11 is 5.92. The van der Waals surface area contributed by atoms with Gasteiger partial charge in [-0.3, -0.25) is 0 Å². The van der Waals surface area contributed by atoms with E-state index in [4.69, 9.17) is 11.6 Å². The highest BCUT2D eigenvalue weighted by atomic mass is 35.5. The molecule has 0 amide bonds. The van der Waals surface area contributed by atoms with Crippen LogP contribution in [-0.4, -0.2) is 17.6 Å². The molecule has 1 atom stereocenters. The van der Waals surface area contributed by atoms with Crippen LogP contribution in [0, 0.1) is 0 Å². The molecule has 0 bridgehead atoms. The number of anilines is 1. The second-order valence-electron chi connectivity index (χ2n) is 4.09. The molecule has 82 valence electrons. The van der Waals surface area contributed by atoms with E-state index >= 15 is 0 Å². The summed E-state index contributed by atoms with van der Waals surface area (Å²) in [5.74, 6) is 0. The topological polar surface area (TPSA) is 16.1 Å². The van der Waals surface area contributed by atoms with Gasteiger partial charge in [-0.05, 0) is 37.8 Å². The lowest BCUT2D eigenvalue weighted by molar-refractivity contribution is 0.450. The van der Waals surface area contributed by atoms with Crippen molar-refractivity contribution in [3.63, 3.8) is 0 Å². The highest BCUT2D eigenvalue weighted by Crippen LogP contribution is 2.27. The monoisotopic (exact) mass is 224 g/mol. The number of pyridine rings is 1. The van der Waals surface area contributed by atoms with Gasteiger partial charge >= 0.3 is 0 Å². The Morgan fingerprint density at radius 2 is 2.40 bits per heavy atom. The van der Waals surface area contributed by atoms with E-state index in [2.05, 4.69) is 22.9 Å². The zero-order chi connectivity index (χ0) is 10.7. The van der Waals surface area contributed by atoms with Crippen molar-refractivity contribution in [1.29, 1.82) is 0 Å². The lowest BCUT2D eigenvalue weighted by Crippen LogP contribution is -2.39. The third kappa shape index (κ3) is 2.43. The van der Waals surface area contributed by atoms with E-state index in [9.17, 15) is 0 Å². The minimum Gasteiger partial charge on any atom is -0.368 e. The largest absolute Gasteiger partial charge is 0.368 e. The highest BCUT2D eigenvalue weighted by molar-refractivity contribution is 6.29. The summed E-state index contributed by atoms with van der Waals surface area (Å²) in [7, 11) is 0. The summed E-state index contributed by atoms with van der Waals surface area (Å²) in [6.45, 7) is 3.41. The van der Waals surface area contributed by atoms with Crippen LogP contribution in [0.4, 0.5) is 5.69 Å². The zero-order valence-electron chi connectivity index (χ0n) is 9.12. The van der Waals surface area contributed by atoms with Crippen LogP contribution in [0.2, 0.25) is 5.15 Å². The van der Waals surface area contributed by atoms with E-state index in [1.165, 1.54) is 31.4 Å². The van der Waals surface area contributed by atoms with Crippen LogP contribution in [0.5, 0.6) is 0 Å². The molecule has 3 heteroatoms. The summed E-state index contributed by atoms with van der Waals surface area (Å²) in [4.78, 5) is 6.49. The fourth-order valence-corrected chi connectivity index (χ4v) is 2.50. The summed E-state index contributed by atoms with van der Waals surface area (Å²) < 4.78 is 0. The van der Waals surface area contributed by atoms with Crippen LogP contribution in [0.1, 0.15) is 32.6 Å². The Labute approximate surface area is 96.3 Å². The molecule has 0 saturated carbocycles. The van der Waals surface area contributed by atoms with Crippen molar-refractivity contribution in [2.24, 2.45) is 0 Å². The van der Waals surface area contributed by atoms with Gasteiger partial charge in [-0.15, -0.1) is 0 Å². The Morgan fingerprint density at radius 1 is 1.53 bits per heavy atom. The molecule has 15 heavy (non-hydrogen) atoms. The molecule has 1 aromatic heterocycles. The SMILES string of the molecule is CCC1CCCCN1c1ccnc(Cl)c1. The smallest absolute Gasteiger partial charge is 0.131 e. The summed E-state index contributed by atoms with van der Waals surface area (Å²) in [6, 6.07) is 4.70. The molecule has 1 aliphatic heterocycles. The standard InChI is InChI=1S/C12H17ClN2/c1-2-10-5-3-4-8-15(10)11-6-7-14-12(13)9-11/h6-7,9-10H,2-5,8H2,1H3. The van der Waals surface area contributed by atoms with Gasteiger partial charge in [0.2, 0.25) is 0 Å². The Morgan fingerprint density at radius 3 is 3.13 bits per heavy atom. The van der Waals surface area contributed by atoms with Crippen molar-refractivity contribution in [2.75, 3.05) is 11.4 Å². The van der Waals surface area contributed by atoms with E-state index in [1.807, 2.05) is 6.07 Å². The molecule has 2 rings (SSSR count). The Balaban J connectivity index is 2.20. The van der Waals surface area contributed by atoms with Crippen LogP contribution in [0.15, 0.2) is 18.3 Å². The Kier molecular flexibility index (Phi) is 3.47. The second kappa shape index (κ2) is 4.84. The second-order valence-corrected chi connectivity index (χ2v) is 4.48. The maximum atomic E-state index is 5.92. The molecule has 1 aliphatic rings. The van der Waals surface area contributed by atoms with Crippen LogP contribution in [0.3, 0.4) is 0 Å². The van der Waals surface area contributed by atoms with Crippen molar-refractivity contribution in [3.05, 3.63) is 23.5 Å². The summed E-state index contributed by atoms with van der Waals surface area (Å²) in [6.07, 6.45) is 6.94. The molecule has 2 heterocycles. The molecule has 0 N–H and O–H groups in total. The van der Waals surface area contributed by atoms with Crippen LogP contribution in [-0.2, 0) is 0 Å². The highest BCUT2D eigenvalue weighted by Gasteiger charge is 2.20. The first-order chi connectivity index (χ1) is 7.31. The number of aromatic nitrogens is 1. The lowest BCUT2D eigenvalue weighted by Gasteiger charge is -2.37. The van der Waals surface area contributed by atoms with Gasteiger partial charge in [0.05, 0.1) is 0 Å². The quantitative estimate of drug-likeness (QED) is 0.715. The van der Waals surface area contributed by atoms with Crippen LogP contribution < -0.4 is 4.90 Å². The molecule has 0 radical (unpaired) electrons. The molecule has 1 aromatic rings. The number of halogens is 1. The average Bonchev–Trinajstić information content (AvgIpc) is 2.29. The normalized spacial score (nSPS) is 21.7. The minimum absolute atomic E-state index is 0.591. The van der Waals surface area contributed by atoms with E-state index in [0.29, 0.717) is 11.2 Å². The molecule has 1 fully saturated rings. The number of hydrogen-bond donors (Lipinski definition) is 0. The van der Waals surface area contributed by atoms with E-state index in [1.54, 1.807) is 6.20 Å². The van der Waals surface area contributed by atoms with Gasteiger partial charge in [0, 0.05) is 24.5 Å². The molecule has 2 nitrogen and oxygen atoms in total. The predicted molar refractivity (Wildman–Crippen MR) is 64.5 cm³/mol. The molecule has 0 aliphatic carbocycles. The third-order valence-electron chi connectivity index (χ3n) is 3.14. The van der Waals surface area contributed by atoms with Crippen LogP contribution in [0.25, 0.3) is 0 Å². The van der Waals surface area contributed by atoms with Crippen LogP contribution >= 0.6 is 11.6 Å². The van der Waals surface area contributed by atoms with Crippen molar-refractivity contribution >= 4 is 17.3 Å². The first kappa shape index (κ1) is 10.7. The van der Waals surface area contributed by atoms with Gasteiger partial charge in [0.25, 0.3) is 0 Å². The van der Waals surface area contributed by atoms with Gasteiger partial charge in [-0.1, -0.05) is 18.5 Å². The maximum Gasteiger partial charge on any atom is 0.131 e. The number of nitrogens with zero attached hydrogens (tertiary/aromatic N) is 2. The minimum atomic E-state index is 0.591. The van der Waals surface area contributed by atoms with Gasteiger partial charge in [-0.25, -0.2) is 4.98 Å². The molecule has 1 saturated heterocycles. The first-order valence-electron chi connectivity index (χ1n) is 5.69. The predicted octanol–water partition coefficient (Wildman–Crippen LogP) is 3.50. The molecular weight excluding hydrogens is 208 g/mol. The fourth-order valence-electron chi connectivity index (χ4n) is 2.34. The van der Waals surface area contributed by atoms with Crippen molar-refractivity contribution in [1.82, 2.24) is 4.98 Å². The van der Waals surface area contributed by atoms with Gasteiger partial charge in [-0.2, -0.15) is 0 Å². The number of rotatable bonds is 2. The van der Waals surface area contributed by atoms with E-state index in [0.717, 1.165) is 6.54 Å². The maximum absolute atomic E-state index is 5.92. The first-order valence-corrected chi connectivity index (χ1v) is 6.07. The molecule has 0 spiro atoms. The summed E-state index contributed by atoms with van der Waals surface area (Å²) in [5.41, 5.74) is 1.22. The van der Waals surface area contributed by atoms with Gasteiger partial charge in [0.1, 0.15) is 5.15 Å². The van der Waals surface area contributed by atoms with Gasteiger partial charge < -0.3 is 4.90 Å². The van der Waals surface area contributed by atoms with E-state index in [-0.39, 0.29) is 0 Å². The van der Waals surface area contributed by atoms with Crippen molar-refractivity contribution in [3.8, 4) is 0 Å². The number of piperidine rings is 1.